The molecule has 5 rings (SSSR count). The van der Waals surface area contributed by atoms with Crippen LogP contribution in [0.3, 0.4) is 0 Å². The Hall–Kier alpha value is -7.32. The van der Waals surface area contributed by atoms with Gasteiger partial charge in [-0.2, -0.15) is 0 Å². The molecule has 1 atom stereocenters. The van der Waals surface area contributed by atoms with Gasteiger partial charge in [0.15, 0.2) is 11.8 Å². The van der Waals surface area contributed by atoms with Crippen LogP contribution < -0.4 is 31.8 Å². The highest BCUT2D eigenvalue weighted by atomic mass is 32.2. The molecule has 1 aliphatic carbocycles. The van der Waals surface area contributed by atoms with Gasteiger partial charge in [0.2, 0.25) is 5.91 Å². The van der Waals surface area contributed by atoms with Crippen LogP contribution in [0.15, 0.2) is 81.2 Å². The van der Waals surface area contributed by atoms with Crippen LogP contribution in [0, 0.1) is 12.3 Å². The molecule has 0 fully saturated rings. The second-order valence-corrected chi connectivity index (χ2v) is 15.1. The predicted octanol–water partition coefficient (Wildman–Crippen LogP) is 4.53. The fraction of sp³-hybridized carbons (Fsp3) is 0.318. The Morgan fingerprint density at radius 2 is 1.58 bits per heavy atom. The molecule has 3 aromatic rings. The molecule has 1 aliphatic heterocycles. The summed E-state index contributed by atoms with van der Waals surface area (Å²) in [6.45, 7) is 1.85. The standard InChI is InChI=1S/C44H48N8O16S/c1-25-33(45)9-7-30-38(31-8-10-34(46)41(69-68-67-60)40(31)66-39(25)30)32-22-27(5-6-29(32)44(58)59)43(57)50-14-16-62-18-17-61-15-11-35(53)48-12-13-49-42(56)26-3-2-4-28(21-26)65-23-36(51-52-47)64-20-19-63-24-37(54)55/h2-10,21-22,36,45,60H,11-20,23-24,46H2,1H3,(H,48,53)(H,49,56)(H,50,57)(H,54,55)(H,58,59). The maximum atomic E-state index is 13.4. The lowest BCUT2D eigenvalue weighted by molar-refractivity contribution is -0.432. The van der Waals surface area contributed by atoms with Crippen molar-refractivity contribution in [2.24, 2.45) is 5.11 Å². The lowest BCUT2D eigenvalue weighted by Crippen LogP contribution is -2.35. The van der Waals surface area contributed by atoms with E-state index in [1.54, 1.807) is 49.4 Å². The Balaban J connectivity index is 1.02. The minimum absolute atomic E-state index is 0.0387. The predicted molar refractivity (Wildman–Crippen MR) is 244 cm³/mol. The summed E-state index contributed by atoms with van der Waals surface area (Å²) in [6.07, 6.45) is -0.977. The maximum absolute atomic E-state index is 13.4. The number of azide groups is 1. The van der Waals surface area contributed by atoms with Gasteiger partial charge in [-0.25, -0.2) is 14.8 Å². The third kappa shape index (κ3) is 15.3. The minimum Gasteiger partial charge on any atom is -0.491 e. The average molecular weight is 977 g/mol. The SMILES string of the molecule is Cc1c2oc3c(SOOO)c(N)ccc3c(-c3cc(C(=O)NCCOCCOCCC(=O)NCCNC(=O)c4cccc(OCC(N=[N+]=[N-])OCCOCC(=O)O)c4)ccc3C(=O)O)c-2ccc1=N. The van der Waals surface area contributed by atoms with Gasteiger partial charge in [-0.3, -0.25) is 14.4 Å². The lowest BCUT2D eigenvalue weighted by Gasteiger charge is -2.20. The Kier molecular flexibility index (Phi) is 20.5. The zero-order valence-corrected chi connectivity index (χ0v) is 37.7. The number of nitrogens with one attached hydrogen (secondary N) is 4. The van der Waals surface area contributed by atoms with E-state index in [4.69, 9.17) is 55.1 Å². The van der Waals surface area contributed by atoms with Gasteiger partial charge in [0.25, 0.3) is 11.8 Å². The van der Waals surface area contributed by atoms with E-state index in [-0.39, 0.29) is 128 Å². The second-order valence-electron chi connectivity index (χ2n) is 14.4. The molecule has 0 bridgehead atoms. The third-order valence-corrected chi connectivity index (χ3v) is 10.5. The zero-order chi connectivity index (χ0) is 49.7. The van der Waals surface area contributed by atoms with Crippen LogP contribution in [0.5, 0.6) is 5.75 Å². The average Bonchev–Trinajstić information content (AvgIpc) is 3.33. The summed E-state index contributed by atoms with van der Waals surface area (Å²) >= 11 is 0.560. The second kappa shape index (κ2) is 26.9. The molecule has 0 spiro atoms. The molecule has 0 aromatic heterocycles. The zero-order valence-electron chi connectivity index (χ0n) is 36.9. The number of benzene rings is 4. The van der Waals surface area contributed by atoms with Crippen LogP contribution in [0.4, 0.5) is 5.69 Å². The Morgan fingerprint density at radius 1 is 0.855 bits per heavy atom. The molecule has 3 amide bonds. The fourth-order valence-corrected chi connectivity index (χ4v) is 7.00. The lowest BCUT2D eigenvalue weighted by atomic mass is 9.88. The number of nitrogens with zero attached hydrogens (tertiary/aromatic N) is 3. The number of rotatable bonds is 29. The molecule has 1 heterocycles. The van der Waals surface area contributed by atoms with Gasteiger partial charge in [-0.15, -0.1) is 4.33 Å². The number of carboxylic acids is 2. The Bertz CT molecular complexity index is 2700. The number of ether oxygens (including phenoxy) is 5. The van der Waals surface area contributed by atoms with Crippen LogP contribution in [-0.2, 0) is 37.9 Å². The summed E-state index contributed by atoms with van der Waals surface area (Å²) in [5.41, 5.74) is 17.1. The number of nitrogen functional groups attached to an aromatic ring is 1. The Labute approximate surface area is 396 Å². The van der Waals surface area contributed by atoms with Gasteiger partial charge >= 0.3 is 11.9 Å². The van der Waals surface area contributed by atoms with Crippen molar-refractivity contribution >= 4 is 58.4 Å². The van der Waals surface area contributed by atoms with Gasteiger partial charge in [0.1, 0.15) is 29.6 Å². The summed E-state index contributed by atoms with van der Waals surface area (Å²) in [6, 6.07) is 16.7. The summed E-state index contributed by atoms with van der Waals surface area (Å²) in [4.78, 5) is 64.3. The van der Waals surface area contributed by atoms with Crippen molar-refractivity contribution in [3.05, 3.63) is 105 Å². The number of hydrogen-bond donors (Lipinski definition) is 8. The molecule has 24 nitrogen and oxygen atoms in total. The van der Waals surface area contributed by atoms with Crippen LogP contribution >= 0.6 is 12.0 Å². The largest absolute Gasteiger partial charge is 0.491 e. The maximum Gasteiger partial charge on any atom is 0.336 e. The van der Waals surface area contributed by atoms with Crippen molar-refractivity contribution in [1.82, 2.24) is 16.0 Å². The van der Waals surface area contributed by atoms with Crippen LogP contribution in [0.1, 0.15) is 43.1 Å². The first-order chi connectivity index (χ1) is 33.3. The van der Waals surface area contributed by atoms with Crippen LogP contribution in [0.2, 0.25) is 0 Å². The summed E-state index contributed by atoms with van der Waals surface area (Å²) in [5.74, 6) is -3.06. The molecular formula is C44H48N8O16S. The Morgan fingerprint density at radius 3 is 2.32 bits per heavy atom. The summed E-state index contributed by atoms with van der Waals surface area (Å²) in [7, 11) is 0. The first-order valence-electron chi connectivity index (χ1n) is 20.8. The van der Waals surface area contributed by atoms with Gasteiger partial charge < -0.3 is 65.4 Å². The number of aromatic carboxylic acids is 1. The van der Waals surface area contributed by atoms with E-state index in [1.165, 1.54) is 24.3 Å². The molecule has 0 saturated carbocycles. The van der Waals surface area contributed by atoms with E-state index in [0.29, 0.717) is 39.9 Å². The number of hydrogen-bond acceptors (Lipinski definition) is 18. The normalized spacial score (nSPS) is 11.4. The van der Waals surface area contributed by atoms with Gasteiger partial charge in [-0.05, 0) is 78.7 Å². The molecule has 0 radical (unpaired) electrons. The number of carbonyl (C=O) groups excluding carboxylic acids is 3. The van der Waals surface area contributed by atoms with Crippen molar-refractivity contribution in [2.75, 3.05) is 78.2 Å². The van der Waals surface area contributed by atoms with Gasteiger partial charge in [-0.1, -0.05) is 16.2 Å². The molecule has 69 heavy (non-hydrogen) atoms. The minimum atomic E-state index is -1.26. The number of amides is 3. The fourth-order valence-electron chi connectivity index (χ4n) is 6.51. The molecular weight excluding hydrogens is 929 g/mol. The van der Waals surface area contributed by atoms with Gasteiger partial charge in [0.05, 0.1) is 68.3 Å². The van der Waals surface area contributed by atoms with E-state index in [2.05, 4.69) is 35.3 Å². The van der Waals surface area contributed by atoms with E-state index in [9.17, 15) is 29.1 Å². The van der Waals surface area contributed by atoms with Gasteiger partial charge in [0, 0.05) is 64.2 Å². The number of carboxylic acid groups (broad SMARTS) is 2. The highest BCUT2D eigenvalue weighted by Crippen LogP contribution is 2.46. The van der Waals surface area contributed by atoms with E-state index in [0.717, 1.165) is 0 Å². The van der Waals surface area contributed by atoms with Crippen molar-refractivity contribution in [2.45, 2.75) is 24.5 Å². The van der Waals surface area contributed by atoms with Crippen LogP contribution in [0.25, 0.3) is 43.9 Å². The molecule has 1 unspecified atom stereocenters. The molecule has 366 valence electrons. The molecule has 0 saturated heterocycles. The van der Waals surface area contributed by atoms with Crippen molar-refractivity contribution < 1.29 is 76.9 Å². The first-order valence-corrected chi connectivity index (χ1v) is 21.6. The number of carbonyl (C=O) groups is 5. The highest BCUT2D eigenvalue weighted by molar-refractivity contribution is 7.95. The first kappa shape index (κ1) is 52.6. The highest BCUT2D eigenvalue weighted by Gasteiger charge is 2.26. The molecule has 9 N–H and O–H groups in total. The number of fused-ring (bicyclic) bond motifs is 2. The van der Waals surface area contributed by atoms with E-state index in [1.807, 2.05) is 0 Å². The topological polar surface area (TPSA) is 359 Å². The van der Waals surface area contributed by atoms with Crippen LogP contribution in [-0.4, -0.2) is 124 Å². The van der Waals surface area contributed by atoms with Crippen molar-refractivity contribution in [3.8, 4) is 28.2 Å². The molecule has 25 heteroatoms. The van der Waals surface area contributed by atoms with E-state index < -0.39 is 36.6 Å². The number of nitrogens with two attached hydrogens (primary N) is 1. The third-order valence-electron chi connectivity index (χ3n) is 9.76. The monoisotopic (exact) mass is 976 g/mol. The summed E-state index contributed by atoms with van der Waals surface area (Å²) in [5, 5.41) is 52.0. The van der Waals surface area contributed by atoms with Crippen molar-refractivity contribution in [3.63, 3.8) is 0 Å². The number of aliphatic carboxylic acids is 1. The molecule has 2 aliphatic rings. The number of anilines is 1. The van der Waals surface area contributed by atoms with Crippen molar-refractivity contribution in [1.29, 1.82) is 5.41 Å². The van der Waals surface area contributed by atoms with E-state index >= 15 is 0 Å². The quantitative estimate of drug-likeness (QED) is 0.00375. The smallest absolute Gasteiger partial charge is 0.336 e. The molecule has 3 aromatic carbocycles. The summed E-state index contributed by atoms with van der Waals surface area (Å²) < 4.78 is 37.8.